The number of thiophene rings is 5. The third-order valence-corrected chi connectivity index (χ3v) is 34.6. The molecule has 0 saturated carbocycles. The van der Waals surface area contributed by atoms with Crippen LogP contribution in [0.25, 0.3) is 239 Å². The normalized spacial score (nSPS) is 11.6. The van der Waals surface area contributed by atoms with Crippen LogP contribution in [-0.2, 0) is 0 Å². The molecule has 3 nitrogen and oxygen atoms in total. The number of aromatic nitrogens is 3. The third kappa shape index (κ3) is 15.0. The topological polar surface area (TPSA) is 14.8 Å². The van der Waals surface area contributed by atoms with Crippen LogP contribution < -0.4 is 0 Å². The summed E-state index contributed by atoms with van der Waals surface area (Å²) in [5.74, 6) is 0. The lowest BCUT2D eigenvalue weighted by atomic mass is 9.96. The molecule has 0 aliphatic carbocycles. The minimum absolute atomic E-state index is 1.24. The van der Waals surface area contributed by atoms with Crippen LogP contribution in [0, 0.1) is 34.6 Å². The Kier molecular flexibility index (Phi) is 21.8. The van der Waals surface area contributed by atoms with E-state index in [0.29, 0.717) is 0 Å². The molecule has 8 heterocycles. The number of hydrogen-bond donors (Lipinski definition) is 0. The average molecular weight is 1870 g/mol. The number of hydrogen-bond acceptors (Lipinski definition) is 5. The molecule has 21 aromatic carbocycles. The highest BCUT2D eigenvalue weighted by molar-refractivity contribution is 7.28. The number of nitrogens with zero attached hydrogens (tertiary/aromatic N) is 3. The quantitative estimate of drug-likeness (QED) is 0.144. The lowest BCUT2D eigenvalue weighted by Crippen LogP contribution is -1.94. The Bertz CT molecular complexity index is 9450. The third-order valence-electron chi connectivity index (χ3n) is 27.8. The molecule has 0 unspecified atom stereocenters. The van der Waals surface area contributed by atoms with E-state index in [2.05, 4.69) is 509 Å². The van der Waals surface area contributed by atoms with Crippen molar-refractivity contribution >= 4 is 223 Å². The molecule has 29 aromatic rings. The van der Waals surface area contributed by atoms with Crippen LogP contribution in [-0.4, -0.2) is 13.7 Å². The van der Waals surface area contributed by atoms with Crippen molar-refractivity contribution in [1.82, 2.24) is 13.7 Å². The van der Waals surface area contributed by atoms with Crippen molar-refractivity contribution in [3.8, 4) is 72.7 Å². The van der Waals surface area contributed by atoms with E-state index in [1.165, 1.54) is 267 Å². The molecule has 29 rings (SSSR count). The van der Waals surface area contributed by atoms with Gasteiger partial charge < -0.3 is 13.7 Å². The second kappa shape index (κ2) is 35.7. The summed E-state index contributed by atoms with van der Waals surface area (Å²) in [6.07, 6.45) is 0. The van der Waals surface area contributed by atoms with Gasteiger partial charge in [0.05, 0.1) is 53.9 Å². The summed E-state index contributed by atoms with van der Waals surface area (Å²) >= 11 is 9.53. The summed E-state index contributed by atoms with van der Waals surface area (Å²) in [6, 6.07) is 167. The largest absolute Gasteiger partial charge is 0.309 e. The summed E-state index contributed by atoms with van der Waals surface area (Å²) in [7, 11) is 0. The summed E-state index contributed by atoms with van der Waals surface area (Å²) in [6.45, 7) is 11.0. The molecule has 8 aromatic heterocycles. The minimum Gasteiger partial charge on any atom is -0.309 e. The Morgan fingerprint density at radius 2 is 0.403 bits per heavy atom. The smallest absolute Gasteiger partial charge is 0.0640 e. The lowest BCUT2D eigenvalue weighted by Gasteiger charge is -2.10. The first kappa shape index (κ1) is 84.8. The van der Waals surface area contributed by atoms with Crippen molar-refractivity contribution in [2.45, 2.75) is 34.6 Å². The zero-order valence-electron chi connectivity index (χ0n) is 77.3. The molecular weight excluding hydrogens is 1780 g/mol. The van der Waals surface area contributed by atoms with Crippen LogP contribution in [0.4, 0.5) is 0 Å². The molecule has 0 aliphatic heterocycles. The summed E-state index contributed by atoms with van der Waals surface area (Å²) < 4.78 is 21.0. The number of fused-ring (bicyclic) bond motifs is 24. The predicted molar refractivity (Wildman–Crippen MR) is 611 cm³/mol. The van der Waals surface area contributed by atoms with Crippen LogP contribution in [0.1, 0.15) is 27.8 Å². The summed E-state index contributed by atoms with van der Waals surface area (Å²) in [5, 5.41) is 21.4. The van der Waals surface area contributed by atoms with Gasteiger partial charge >= 0.3 is 0 Å². The molecule has 0 amide bonds. The molecule has 0 fully saturated rings. The highest BCUT2D eigenvalue weighted by atomic mass is 32.1. The Morgan fingerprint density at radius 3 is 0.799 bits per heavy atom. The molecule has 139 heavy (non-hydrogen) atoms. The second-order valence-corrected chi connectivity index (χ2v) is 41.3. The molecular formula is C131H91N3S5. The van der Waals surface area contributed by atoms with Crippen molar-refractivity contribution in [2.24, 2.45) is 0 Å². The van der Waals surface area contributed by atoms with E-state index in [9.17, 15) is 0 Å². The van der Waals surface area contributed by atoms with Gasteiger partial charge in [0.1, 0.15) is 0 Å². The Hall–Kier alpha value is -15.9. The van der Waals surface area contributed by atoms with Crippen molar-refractivity contribution < 1.29 is 0 Å². The molecule has 0 saturated heterocycles. The zero-order valence-corrected chi connectivity index (χ0v) is 81.3. The van der Waals surface area contributed by atoms with E-state index in [0.717, 1.165) is 0 Å². The number of aryl methyl sites for hydroxylation is 5. The molecule has 8 heteroatoms. The molecule has 0 N–H and O–H groups in total. The van der Waals surface area contributed by atoms with Crippen molar-refractivity contribution in [3.63, 3.8) is 0 Å². The van der Waals surface area contributed by atoms with E-state index in [-0.39, 0.29) is 0 Å². The Labute approximate surface area is 825 Å². The van der Waals surface area contributed by atoms with Crippen molar-refractivity contribution in [3.05, 3.63) is 489 Å². The summed E-state index contributed by atoms with van der Waals surface area (Å²) in [4.78, 5) is 0. The molecule has 0 bridgehead atoms. The number of benzene rings is 21. The van der Waals surface area contributed by atoms with Gasteiger partial charge in [0.15, 0.2) is 0 Å². The van der Waals surface area contributed by atoms with E-state index in [1.54, 1.807) is 0 Å². The van der Waals surface area contributed by atoms with Crippen molar-refractivity contribution in [2.75, 3.05) is 0 Å². The maximum Gasteiger partial charge on any atom is 0.0640 e. The van der Waals surface area contributed by atoms with Gasteiger partial charge in [-0.15, -0.1) is 56.7 Å². The minimum atomic E-state index is 1.24. The van der Waals surface area contributed by atoms with Gasteiger partial charge in [-0.05, 0) is 191 Å². The van der Waals surface area contributed by atoms with Gasteiger partial charge in [-0.1, -0.05) is 388 Å². The van der Waals surface area contributed by atoms with Crippen LogP contribution in [0.5, 0.6) is 0 Å². The van der Waals surface area contributed by atoms with Crippen LogP contribution in [0.15, 0.2) is 461 Å². The van der Waals surface area contributed by atoms with E-state index in [4.69, 9.17) is 0 Å². The maximum atomic E-state index is 2.43. The van der Waals surface area contributed by atoms with Gasteiger partial charge in [-0.25, -0.2) is 0 Å². The first-order chi connectivity index (χ1) is 68.5. The fourth-order valence-corrected chi connectivity index (χ4v) is 27.4. The molecule has 0 aliphatic rings. The monoisotopic (exact) mass is 1870 g/mol. The number of para-hydroxylation sites is 6. The molecule has 0 atom stereocenters. The maximum absolute atomic E-state index is 2.43. The van der Waals surface area contributed by atoms with E-state index < -0.39 is 0 Å². The first-order valence-corrected chi connectivity index (χ1v) is 51.6. The lowest BCUT2D eigenvalue weighted by molar-refractivity contribution is 1.18. The average Bonchev–Trinajstić information content (AvgIpc) is 1.58. The van der Waals surface area contributed by atoms with Gasteiger partial charge in [0.2, 0.25) is 0 Å². The SMILES string of the molecule is Cc1cc(-n2c3ccccc3c3ccccc32)cc2c1sc1ccccc12.Cc1cccc2c1sc1c(-c3ccc(-c4ccccc4)cc3)cccc12.Cc1cccc2c1sc1c(-c3cccc(-c4ccc(-c5ccccc5)cc4)c3)cccc12.Cc1cccc2c1sc1c(-n3c4ccccc4c4ccccc43)cccc12.Cc1cccc2c1sc1c(-n3c4ccccc4c4ccccc43)cccc12. The summed E-state index contributed by atoms with van der Waals surface area (Å²) in [5.41, 5.74) is 30.8. The fourth-order valence-electron chi connectivity index (χ4n) is 21.1. The second-order valence-electron chi connectivity index (χ2n) is 36.2. The number of rotatable bonds is 8. The molecule has 660 valence electrons. The van der Waals surface area contributed by atoms with Gasteiger partial charge in [-0.3, -0.25) is 0 Å². The van der Waals surface area contributed by atoms with Crippen molar-refractivity contribution in [1.29, 1.82) is 0 Å². The van der Waals surface area contributed by atoms with Gasteiger partial charge in [0, 0.05) is 129 Å². The Morgan fingerprint density at radius 1 is 0.144 bits per heavy atom. The van der Waals surface area contributed by atoms with E-state index in [1.807, 2.05) is 56.7 Å². The van der Waals surface area contributed by atoms with Crippen LogP contribution >= 0.6 is 56.7 Å². The Balaban J connectivity index is 0.0000000921. The van der Waals surface area contributed by atoms with E-state index >= 15 is 0 Å². The van der Waals surface area contributed by atoms with Gasteiger partial charge in [-0.2, -0.15) is 0 Å². The van der Waals surface area contributed by atoms with Crippen LogP contribution in [0.3, 0.4) is 0 Å². The highest BCUT2D eigenvalue weighted by Crippen LogP contribution is 2.49. The zero-order chi connectivity index (χ0) is 92.9. The highest BCUT2D eigenvalue weighted by Gasteiger charge is 2.23. The molecule has 0 radical (unpaired) electrons. The van der Waals surface area contributed by atoms with Crippen LogP contribution in [0.2, 0.25) is 0 Å². The first-order valence-electron chi connectivity index (χ1n) is 47.5. The van der Waals surface area contributed by atoms with Gasteiger partial charge in [0.25, 0.3) is 0 Å². The predicted octanol–water partition coefficient (Wildman–Crippen LogP) is 39.4. The molecule has 0 spiro atoms. The standard InChI is InChI=1S/C31H22S.3C25H17NS.C25H18S/c1-21-8-5-14-28-29-15-7-13-27(31(29)32-30(21)28)26-12-6-11-25(20-26)24-18-16-23(17-19-24)22-9-3-2-4-10-22;1-16-14-17(15-21-20-10-4-7-13-24(20)27-25(16)21)26-22-11-5-2-8-18(22)19-9-3-6-12-23(19)26;2*1-16-8-6-11-19-20-12-7-15-23(25(20)27-24(16)19)26-21-13-4-2-9-17(21)18-10-3-5-14-22(18)26;1-17-7-5-11-22-23-12-6-10-21(25(23)26-24(17)22)20-15-13-19(14-16-20)18-8-3-2-4-9-18/h2-20H,1H3;3*2-15H,1H3;2-16H,1H3. The fraction of sp³-hybridized carbons (Fsp3) is 0.0382.